The Labute approximate surface area is 120 Å². The molecule has 1 aromatic carbocycles. The topological polar surface area (TPSA) is 113 Å². The summed E-state index contributed by atoms with van der Waals surface area (Å²) in [5, 5.41) is 11.2. The van der Waals surface area contributed by atoms with E-state index in [1.165, 1.54) is 6.07 Å². The minimum atomic E-state index is -3.64. The molecule has 1 aromatic rings. The Hall–Kier alpha value is -2.16. The van der Waals surface area contributed by atoms with E-state index in [2.05, 4.69) is 10.0 Å². The molecule has 0 saturated heterocycles. The van der Waals surface area contributed by atoms with Gasteiger partial charge in [-0.2, -0.15) is 0 Å². The zero-order chi connectivity index (χ0) is 15.8. The highest BCUT2D eigenvalue weighted by atomic mass is 32.2. The predicted molar refractivity (Wildman–Crippen MR) is 72.7 cm³/mol. The van der Waals surface area contributed by atoms with Crippen LogP contribution >= 0.6 is 0 Å². The lowest BCUT2D eigenvalue weighted by molar-refractivity contribution is -0.139. The van der Waals surface area contributed by atoms with Gasteiger partial charge in [0.2, 0.25) is 15.9 Å². The van der Waals surface area contributed by atoms with E-state index in [0.29, 0.717) is 0 Å². The Bertz CT molecular complexity index is 704. The van der Waals surface area contributed by atoms with Crippen LogP contribution in [0.15, 0.2) is 18.2 Å². The molecule has 114 valence electrons. The number of halogens is 1. The summed E-state index contributed by atoms with van der Waals surface area (Å²) in [4.78, 5) is 22.6. The minimum Gasteiger partial charge on any atom is -0.481 e. The molecule has 0 aromatic heterocycles. The predicted octanol–water partition coefficient (Wildman–Crippen LogP) is 0.856. The number of carbonyl (C=O) groups is 2. The van der Waals surface area contributed by atoms with Gasteiger partial charge in [0.1, 0.15) is 5.82 Å². The number of anilines is 2. The molecular weight excluding hydrogens is 303 g/mol. The Balaban J connectivity index is 2.16. The zero-order valence-electron chi connectivity index (χ0n) is 11.0. The largest absolute Gasteiger partial charge is 0.481 e. The maximum Gasteiger partial charge on any atom is 0.307 e. The second kappa shape index (κ2) is 5.32. The molecule has 2 rings (SSSR count). The van der Waals surface area contributed by atoms with Gasteiger partial charge in [0, 0.05) is 6.07 Å². The number of sulfonamides is 1. The van der Waals surface area contributed by atoms with Crippen molar-refractivity contribution in [2.45, 2.75) is 6.42 Å². The molecule has 21 heavy (non-hydrogen) atoms. The van der Waals surface area contributed by atoms with E-state index in [0.717, 1.165) is 18.4 Å². The van der Waals surface area contributed by atoms with Crippen LogP contribution in [0.25, 0.3) is 0 Å². The van der Waals surface area contributed by atoms with E-state index < -0.39 is 39.6 Å². The number of hydrogen-bond acceptors (Lipinski definition) is 4. The van der Waals surface area contributed by atoms with Gasteiger partial charge >= 0.3 is 5.97 Å². The number of nitrogens with one attached hydrogen (secondary N) is 2. The van der Waals surface area contributed by atoms with Crippen LogP contribution in [-0.2, 0) is 19.6 Å². The fourth-order valence-corrected chi connectivity index (χ4v) is 2.46. The summed E-state index contributed by atoms with van der Waals surface area (Å²) in [5.74, 6) is -3.64. The van der Waals surface area contributed by atoms with Crippen LogP contribution in [0.2, 0.25) is 0 Å². The Morgan fingerprint density at radius 1 is 1.29 bits per heavy atom. The highest BCUT2D eigenvalue weighted by Crippen LogP contribution is 2.40. The third-order valence-corrected chi connectivity index (χ3v) is 3.57. The quantitative estimate of drug-likeness (QED) is 0.745. The number of carbonyl (C=O) groups excluding carboxylic acids is 1. The summed E-state index contributed by atoms with van der Waals surface area (Å²) < 4.78 is 37.7. The molecule has 0 bridgehead atoms. The first-order valence-electron chi connectivity index (χ1n) is 5.98. The number of carboxylic acid groups (broad SMARTS) is 1. The average Bonchev–Trinajstić information content (AvgIpc) is 3.10. The van der Waals surface area contributed by atoms with Crippen LogP contribution in [-0.4, -0.2) is 31.7 Å². The number of aliphatic carboxylic acids is 1. The Morgan fingerprint density at radius 2 is 1.95 bits per heavy atom. The first-order chi connectivity index (χ1) is 9.67. The lowest BCUT2D eigenvalue weighted by Gasteiger charge is -2.12. The fourth-order valence-electron chi connectivity index (χ4n) is 1.89. The third-order valence-electron chi connectivity index (χ3n) is 2.98. The molecule has 1 aliphatic rings. The van der Waals surface area contributed by atoms with Crippen LogP contribution in [0.1, 0.15) is 6.42 Å². The van der Waals surface area contributed by atoms with Crippen LogP contribution in [0.5, 0.6) is 0 Å². The maximum atomic E-state index is 13.2. The van der Waals surface area contributed by atoms with E-state index >= 15 is 0 Å². The standard InChI is InChI=1S/C12H13FN2O5S/c1-21(19,20)15-10-4-6(13)2-3-9(10)14-11(16)7-5-8(7)12(17)18/h2-4,7-8,15H,5H2,1H3,(H,14,16)(H,17,18). The molecule has 0 aliphatic heterocycles. The van der Waals surface area contributed by atoms with Crippen molar-refractivity contribution in [3.8, 4) is 0 Å². The second-order valence-electron chi connectivity index (χ2n) is 4.84. The van der Waals surface area contributed by atoms with Gasteiger partial charge in [-0.25, -0.2) is 12.8 Å². The van der Waals surface area contributed by atoms with E-state index in [-0.39, 0.29) is 17.8 Å². The third kappa shape index (κ3) is 3.91. The first kappa shape index (κ1) is 15.2. The van der Waals surface area contributed by atoms with Gasteiger partial charge in [-0.15, -0.1) is 0 Å². The van der Waals surface area contributed by atoms with Gasteiger partial charge in [0.05, 0.1) is 29.5 Å². The number of amides is 1. The Morgan fingerprint density at radius 3 is 2.48 bits per heavy atom. The van der Waals surface area contributed by atoms with E-state index in [9.17, 15) is 22.4 Å². The van der Waals surface area contributed by atoms with Crippen molar-refractivity contribution in [2.75, 3.05) is 16.3 Å². The maximum absolute atomic E-state index is 13.2. The molecule has 1 fully saturated rings. The molecular formula is C12H13FN2O5S. The van der Waals surface area contributed by atoms with Gasteiger partial charge in [-0.1, -0.05) is 0 Å². The normalized spacial score (nSPS) is 20.7. The van der Waals surface area contributed by atoms with Crippen molar-refractivity contribution in [3.05, 3.63) is 24.0 Å². The van der Waals surface area contributed by atoms with Gasteiger partial charge < -0.3 is 10.4 Å². The summed E-state index contributed by atoms with van der Waals surface area (Å²) in [6.45, 7) is 0. The number of rotatable bonds is 5. The van der Waals surface area contributed by atoms with Crippen molar-refractivity contribution >= 4 is 33.3 Å². The number of carboxylic acids is 1. The number of benzene rings is 1. The summed E-state index contributed by atoms with van der Waals surface area (Å²) in [5.41, 5.74) is -0.0405. The lowest BCUT2D eigenvalue weighted by Crippen LogP contribution is -2.19. The fraction of sp³-hybridized carbons (Fsp3) is 0.333. The molecule has 1 saturated carbocycles. The van der Waals surface area contributed by atoms with E-state index in [1.807, 2.05) is 0 Å². The van der Waals surface area contributed by atoms with Crippen molar-refractivity contribution < 1.29 is 27.5 Å². The molecule has 3 N–H and O–H groups in total. The van der Waals surface area contributed by atoms with Gasteiger partial charge in [-0.05, 0) is 18.6 Å². The smallest absolute Gasteiger partial charge is 0.307 e. The van der Waals surface area contributed by atoms with Crippen molar-refractivity contribution in [1.29, 1.82) is 0 Å². The van der Waals surface area contributed by atoms with Crippen LogP contribution in [0, 0.1) is 17.7 Å². The molecule has 9 heteroatoms. The van der Waals surface area contributed by atoms with Crippen LogP contribution < -0.4 is 10.0 Å². The molecule has 2 unspecified atom stereocenters. The monoisotopic (exact) mass is 316 g/mol. The highest BCUT2D eigenvalue weighted by Gasteiger charge is 2.48. The van der Waals surface area contributed by atoms with Gasteiger partial charge in [-0.3, -0.25) is 14.3 Å². The van der Waals surface area contributed by atoms with E-state index in [4.69, 9.17) is 5.11 Å². The van der Waals surface area contributed by atoms with Gasteiger partial charge in [0.25, 0.3) is 0 Å². The molecule has 0 radical (unpaired) electrons. The molecule has 7 nitrogen and oxygen atoms in total. The average molecular weight is 316 g/mol. The molecule has 0 spiro atoms. The Kier molecular flexibility index (Phi) is 3.86. The number of hydrogen-bond donors (Lipinski definition) is 3. The summed E-state index contributed by atoms with van der Waals surface area (Å²) >= 11 is 0. The van der Waals surface area contributed by atoms with Crippen molar-refractivity contribution in [3.63, 3.8) is 0 Å². The lowest BCUT2D eigenvalue weighted by atomic mass is 10.2. The van der Waals surface area contributed by atoms with Gasteiger partial charge in [0.15, 0.2) is 0 Å². The highest BCUT2D eigenvalue weighted by molar-refractivity contribution is 7.92. The second-order valence-corrected chi connectivity index (χ2v) is 6.59. The molecule has 1 amide bonds. The van der Waals surface area contributed by atoms with E-state index in [1.54, 1.807) is 0 Å². The van der Waals surface area contributed by atoms with Crippen LogP contribution in [0.3, 0.4) is 0 Å². The first-order valence-corrected chi connectivity index (χ1v) is 7.87. The van der Waals surface area contributed by atoms with Crippen LogP contribution in [0.4, 0.5) is 15.8 Å². The zero-order valence-corrected chi connectivity index (χ0v) is 11.8. The summed E-state index contributed by atoms with van der Waals surface area (Å²) in [6, 6.07) is 3.20. The van der Waals surface area contributed by atoms with Crippen molar-refractivity contribution in [1.82, 2.24) is 0 Å². The molecule has 0 heterocycles. The summed E-state index contributed by atoms with van der Waals surface area (Å²) in [6.07, 6.45) is 1.13. The van der Waals surface area contributed by atoms with Crippen molar-refractivity contribution in [2.24, 2.45) is 11.8 Å². The SMILES string of the molecule is CS(=O)(=O)Nc1cc(F)ccc1NC(=O)C1CC1C(=O)O. The molecule has 1 aliphatic carbocycles. The minimum absolute atomic E-state index is 0.0721. The summed E-state index contributed by atoms with van der Waals surface area (Å²) in [7, 11) is -3.64. The molecule has 2 atom stereocenters.